The number of carbonyl (C=O) groups is 1. The Morgan fingerprint density at radius 1 is 0.886 bits per heavy atom. The average molecular weight is 579 g/mol. The van der Waals surface area contributed by atoms with Crippen LogP contribution >= 0.6 is 47.2 Å². The van der Waals surface area contributed by atoms with Crippen molar-refractivity contribution >= 4 is 74.5 Å². The monoisotopic (exact) mass is 577 g/mol. The lowest BCUT2D eigenvalue weighted by atomic mass is 10.1. The Labute approximate surface area is 224 Å². The number of para-hydroxylation sites is 1. The van der Waals surface area contributed by atoms with Crippen LogP contribution in [0.5, 0.6) is 0 Å². The lowest BCUT2D eigenvalue weighted by Gasteiger charge is -2.36. The molecule has 0 aromatic heterocycles. The Morgan fingerprint density at radius 3 is 2.23 bits per heavy atom. The van der Waals surface area contributed by atoms with Gasteiger partial charge in [0.25, 0.3) is 15.9 Å². The molecular formula is C23H20Cl4FN3O3S. The molecule has 0 atom stereocenters. The summed E-state index contributed by atoms with van der Waals surface area (Å²) in [6, 6.07) is 14.9. The topological polar surface area (TPSA) is 69.7 Å². The molecule has 3 aromatic rings. The third-order valence-corrected chi connectivity index (χ3v) is 7.81. The fourth-order valence-electron chi connectivity index (χ4n) is 3.66. The first-order valence-corrected chi connectivity index (χ1v) is 12.8. The van der Waals surface area contributed by atoms with E-state index < -0.39 is 10.0 Å². The number of hydrogen-bond acceptors (Lipinski definition) is 4. The van der Waals surface area contributed by atoms with Crippen LogP contribution in [0.25, 0.3) is 0 Å². The molecule has 1 saturated heterocycles. The van der Waals surface area contributed by atoms with Gasteiger partial charge in [-0.05, 0) is 48.5 Å². The van der Waals surface area contributed by atoms with Gasteiger partial charge in [-0.3, -0.25) is 9.52 Å². The van der Waals surface area contributed by atoms with Gasteiger partial charge in [0.05, 0.1) is 21.4 Å². The van der Waals surface area contributed by atoms with E-state index in [4.69, 9.17) is 34.8 Å². The molecule has 1 aliphatic heterocycles. The number of halogens is 5. The quantitative estimate of drug-likeness (QED) is 0.405. The van der Waals surface area contributed by atoms with E-state index in [9.17, 15) is 17.6 Å². The van der Waals surface area contributed by atoms with E-state index in [0.717, 1.165) is 0 Å². The first kappa shape index (κ1) is 27.4. The van der Waals surface area contributed by atoms with Gasteiger partial charge in [-0.25, -0.2) is 12.8 Å². The smallest absolute Gasteiger partial charge is 0.263 e. The van der Waals surface area contributed by atoms with E-state index in [1.807, 2.05) is 4.90 Å². The molecule has 4 rings (SSSR count). The molecule has 1 heterocycles. The predicted octanol–water partition coefficient (Wildman–Crippen LogP) is 5.97. The van der Waals surface area contributed by atoms with Crippen molar-refractivity contribution in [2.45, 2.75) is 4.90 Å². The van der Waals surface area contributed by atoms with E-state index in [-0.39, 0.29) is 50.3 Å². The van der Waals surface area contributed by atoms with E-state index in [0.29, 0.717) is 36.9 Å². The van der Waals surface area contributed by atoms with Gasteiger partial charge in [-0.2, -0.15) is 0 Å². The van der Waals surface area contributed by atoms with Crippen molar-refractivity contribution in [3.63, 3.8) is 0 Å². The summed E-state index contributed by atoms with van der Waals surface area (Å²) in [4.78, 5) is 16.3. The Balaban J connectivity index is 0.00000342. The van der Waals surface area contributed by atoms with Crippen molar-refractivity contribution in [3.8, 4) is 0 Å². The number of rotatable bonds is 5. The lowest BCUT2D eigenvalue weighted by molar-refractivity contribution is 0.0746. The number of piperazine rings is 1. The molecule has 35 heavy (non-hydrogen) atoms. The molecule has 186 valence electrons. The number of carbonyl (C=O) groups excluding carboxylic acids is 1. The van der Waals surface area contributed by atoms with Crippen molar-refractivity contribution < 1.29 is 17.6 Å². The number of nitrogens with zero attached hydrogens (tertiary/aromatic N) is 2. The van der Waals surface area contributed by atoms with Crippen LogP contribution in [0, 0.1) is 5.82 Å². The summed E-state index contributed by atoms with van der Waals surface area (Å²) in [7, 11) is -4.17. The van der Waals surface area contributed by atoms with Crippen LogP contribution in [-0.2, 0) is 10.0 Å². The second-order valence-corrected chi connectivity index (χ2v) is 10.5. The highest BCUT2D eigenvalue weighted by Gasteiger charge is 2.26. The minimum Gasteiger partial charge on any atom is -0.366 e. The number of sulfonamides is 1. The number of hydrogen-bond donors (Lipinski definition) is 1. The fourth-order valence-corrected chi connectivity index (χ4v) is 5.65. The predicted molar refractivity (Wildman–Crippen MR) is 140 cm³/mol. The van der Waals surface area contributed by atoms with Gasteiger partial charge in [-0.15, -0.1) is 12.4 Å². The van der Waals surface area contributed by atoms with Crippen LogP contribution in [0.3, 0.4) is 0 Å². The van der Waals surface area contributed by atoms with Crippen molar-refractivity contribution in [3.05, 3.63) is 87.1 Å². The van der Waals surface area contributed by atoms with Gasteiger partial charge in [0.1, 0.15) is 10.7 Å². The van der Waals surface area contributed by atoms with Crippen LogP contribution < -0.4 is 9.62 Å². The van der Waals surface area contributed by atoms with Crippen molar-refractivity contribution in [2.24, 2.45) is 0 Å². The summed E-state index contributed by atoms with van der Waals surface area (Å²) in [5.74, 6) is -0.663. The minimum absolute atomic E-state index is 0. The van der Waals surface area contributed by atoms with Gasteiger partial charge in [0.2, 0.25) is 0 Å². The Kier molecular flexibility index (Phi) is 8.77. The third-order valence-electron chi connectivity index (χ3n) is 5.40. The summed E-state index contributed by atoms with van der Waals surface area (Å²) >= 11 is 18.2. The van der Waals surface area contributed by atoms with Crippen LogP contribution in [0.4, 0.5) is 15.8 Å². The van der Waals surface area contributed by atoms with Gasteiger partial charge >= 0.3 is 0 Å². The molecule has 6 nitrogen and oxygen atoms in total. The van der Waals surface area contributed by atoms with Gasteiger partial charge in [0.15, 0.2) is 0 Å². The minimum atomic E-state index is -4.17. The molecule has 1 aliphatic rings. The first-order chi connectivity index (χ1) is 16.2. The Hall–Kier alpha value is -2.23. The summed E-state index contributed by atoms with van der Waals surface area (Å²) in [5.41, 5.74) is 0.743. The van der Waals surface area contributed by atoms with E-state index >= 15 is 0 Å². The van der Waals surface area contributed by atoms with Crippen LogP contribution in [0.2, 0.25) is 15.1 Å². The van der Waals surface area contributed by atoms with Crippen LogP contribution in [-0.4, -0.2) is 45.4 Å². The van der Waals surface area contributed by atoms with Gasteiger partial charge in [-0.1, -0.05) is 46.9 Å². The second-order valence-electron chi connectivity index (χ2n) is 7.61. The maximum atomic E-state index is 14.1. The molecular weight excluding hydrogens is 559 g/mol. The molecule has 0 radical (unpaired) electrons. The Morgan fingerprint density at radius 2 is 1.54 bits per heavy atom. The van der Waals surface area contributed by atoms with Crippen LogP contribution in [0.15, 0.2) is 65.6 Å². The zero-order valence-electron chi connectivity index (χ0n) is 18.0. The second kappa shape index (κ2) is 11.2. The molecule has 1 N–H and O–H groups in total. The maximum Gasteiger partial charge on any atom is 0.263 e. The number of amides is 1. The zero-order valence-corrected chi connectivity index (χ0v) is 22.0. The van der Waals surface area contributed by atoms with Gasteiger partial charge in [0, 0.05) is 36.8 Å². The van der Waals surface area contributed by atoms with Crippen molar-refractivity contribution in [1.82, 2.24) is 4.90 Å². The van der Waals surface area contributed by atoms with Crippen LogP contribution in [0.1, 0.15) is 10.4 Å². The van der Waals surface area contributed by atoms with Crippen molar-refractivity contribution in [2.75, 3.05) is 35.8 Å². The molecule has 3 aromatic carbocycles. The molecule has 12 heteroatoms. The zero-order chi connectivity index (χ0) is 24.5. The Bertz CT molecular complexity index is 1350. The number of nitrogens with one attached hydrogen (secondary N) is 1. The normalized spacial score (nSPS) is 13.8. The summed E-state index contributed by atoms with van der Waals surface area (Å²) in [6.45, 7) is 1.60. The maximum absolute atomic E-state index is 14.1. The highest BCUT2D eigenvalue weighted by molar-refractivity contribution is 7.92. The largest absolute Gasteiger partial charge is 0.366 e. The van der Waals surface area contributed by atoms with E-state index in [1.54, 1.807) is 23.1 Å². The molecule has 0 bridgehead atoms. The summed E-state index contributed by atoms with van der Waals surface area (Å²) < 4.78 is 42.5. The molecule has 0 unspecified atom stereocenters. The van der Waals surface area contributed by atoms with E-state index in [1.165, 1.54) is 42.5 Å². The highest BCUT2D eigenvalue weighted by atomic mass is 35.5. The fraction of sp³-hybridized carbons (Fsp3) is 0.174. The molecule has 1 amide bonds. The summed E-state index contributed by atoms with van der Waals surface area (Å²) in [6.07, 6.45) is 0. The number of benzene rings is 3. The SMILES string of the molecule is Cl.O=C(c1ccc(Cl)c(S(=O)(=O)Nc2cc(Cl)ccc2Cl)c1)N1CCN(c2ccccc2F)CC1. The molecule has 1 fully saturated rings. The molecule has 0 saturated carbocycles. The van der Waals surface area contributed by atoms with Gasteiger partial charge < -0.3 is 9.80 Å². The molecule has 0 aliphatic carbocycles. The standard InChI is InChI=1S/C23H19Cl3FN3O3S.ClH/c24-16-6-8-17(25)20(14-16)28-34(32,33)22-13-15(5-7-18(22)26)23(31)30-11-9-29(10-12-30)21-4-2-1-3-19(21)27;/h1-8,13-14,28H,9-12H2;1H. The van der Waals surface area contributed by atoms with Crippen molar-refractivity contribution in [1.29, 1.82) is 0 Å². The summed E-state index contributed by atoms with van der Waals surface area (Å²) in [5, 5.41) is 0.405. The third kappa shape index (κ3) is 6.13. The highest BCUT2D eigenvalue weighted by Crippen LogP contribution is 2.30. The first-order valence-electron chi connectivity index (χ1n) is 10.2. The molecule has 0 spiro atoms. The van der Waals surface area contributed by atoms with E-state index in [2.05, 4.69) is 4.72 Å². The lowest BCUT2D eigenvalue weighted by Crippen LogP contribution is -2.49. The number of anilines is 2. The average Bonchev–Trinajstić information content (AvgIpc) is 2.81.